The third-order valence-corrected chi connectivity index (χ3v) is 21.3. The summed E-state index contributed by atoms with van der Waals surface area (Å²) in [5.74, 6) is -1.60. The molecule has 0 aliphatic rings. The summed E-state index contributed by atoms with van der Waals surface area (Å²) in [4.78, 5) is 59.0. The number of hydrogen-bond acceptors (Lipinski definition) is 14. The first-order chi connectivity index (χ1) is 57.2. The summed E-state index contributed by atoms with van der Waals surface area (Å²) in [7, 11) is -9.82. The van der Waals surface area contributed by atoms with Crippen LogP contribution in [0.5, 0.6) is 0 Å². The SMILES string of the molecule is CC/C=C\C/C=C\C/C=C\C/C=C\C/C=C\C/C=C\CCCCCCCCCCC(=O)OCC(COP(=O)(O)OCC(O)COP(=O)(O)OCC(O)COC(=O)CCCCCCCCCCCCCCCCCCCCC/C=C\C/C=C\C/C=C\C/C=C\CCCCC)OC(=O)CCCCCCCC/C=C\C/C=C\C/C=C\C/C=C\CC. The number of carbonyl (C=O) groups is 3. The van der Waals surface area contributed by atoms with Crippen molar-refractivity contribution in [2.24, 2.45) is 0 Å². The molecule has 0 rings (SSSR count). The number of aliphatic hydroxyl groups is 2. The van der Waals surface area contributed by atoms with Gasteiger partial charge in [0.1, 0.15) is 25.4 Å². The Morgan fingerprint density at radius 3 is 0.718 bits per heavy atom. The van der Waals surface area contributed by atoms with Crippen LogP contribution in [0.15, 0.2) is 170 Å². The van der Waals surface area contributed by atoms with E-state index in [1.54, 1.807) is 0 Å². The van der Waals surface area contributed by atoms with Crippen molar-refractivity contribution in [2.75, 3.05) is 39.6 Å². The molecule has 0 aromatic heterocycles. The summed E-state index contributed by atoms with van der Waals surface area (Å²) >= 11 is 0. The van der Waals surface area contributed by atoms with Crippen molar-refractivity contribution in [3.63, 3.8) is 0 Å². The van der Waals surface area contributed by atoms with Crippen LogP contribution in [-0.2, 0) is 55.8 Å². The maximum Gasteiger partial charge on any atom is 0.472 e. The summed E-state index contributed by atoms with van der Waals surface area (Å²) in [5, 5.41) is 20.7. The molecule has 0 amide bonds. The lowest BCUT2D eigenvalue weighted by atomic mass is 10.0. The second-order valence-electron chi connectivity index (χ2n) is 30.7. The zero-order valence-corrected chi connectivity index (χ0v) is 75.6. The maximum absolute atomic E-state index is 13.0. The van der Waals surface area contributed by atoms with Crippen LogP contribution in [0.2, 0.25) is 0 Å². The quantitative estimate of drug-likeness (QED) is 0.0146. The first-order valence-electron chi connectivity index (χ1n) is 46.4. The van der Waals surface area contributed by atoms with Gasteiger partial charge < -0.3 is 34.2 Å². The first kappa shape index (κ1) is 112. The van der Waals surface area contributed by atoms with Gasteiger partial charge in [0.15, 0.2) is 6.10 Å². The summed E-state index contributed by atoms with van der Waals surface area (Å²) in [5.41, 5.74) is 0. The number of rotatable bonds is 87. The molecule has 0 bridgehead atoms. The van der Waals surface area contributed by atoms with E-state index >= 15 is 0 Å². The average molecular weight is 1680 g/mol. The van der Waals surface area contributed by atoms with Gasteiger partial charge in [-0.15, -0.1) is 0 Å². The fourth-order valence-corrected chi connectivity index (χ4v) is 14.0. The van der Waals surface area contributed by atoms with Gasteiger partial charge in [0.05, 0.1) is 26.4 Å². The van der Waals surface area contributed by atoms with Gasteiger partial charge in [-0.25, -0.2) is 9.13 Å². The average Bonchev–Trinajstić information content (AvgIpc) is 1.00. The molecule has 16 nitrogen and oxygen atoms in total. The van der Waals surface area contributed by atoms with Gasteiger partial charge in [0, 0.05) is 19.3 Å². The van der Waals surface area contributed by atoms with Crippen LogP contribution in [0.25, 0.3) is 0 Å². The molecule has 117 heavy (non-hydrogen) atoms. The summed E-state index contributed by atoms with van der Waals surface area (Å²) in [6.07, 6.45) is 117. The van der Waals surface area contributed by atoms with Crippen LogP contribution in [0.1, 0.15) is 380 Å². The Morgan fingerprint density at radius 1 is 0.248 bits per heavy atom. The number of esters is 3. The molecule has 18 heteroatoms. The standard InChI is InChI=1S/C99H168O16P2/c1-4-7-10-13-16-19-22-25-28-31-34-36-38-40-42-43-44-45-46-47-48-49-51-53-54-56-59-61-64-67-70-73-76-79-82-85-97(102)109-88-94(100)89-111-116(105,106)112-90-95(101)91-113-117(107,108)114-93-96(115-99(104)87-84-81-78-75-72-69-66-63-58-33-30-27-24-21-18-15-12-9-6-3)92-110-98(103)86-83-80-77-74-71-68-65-62-60-57-55-52-50-41-39-37-35-32-29-26-23-20-17-14-11-8-5-2/h8-9,11-12,16-21,25-30,34-37,40-42,50,55,57-58,63,94-96,100-101H,4-7,10,13-15,22-24,31-33,38-39,43-49,51-54,56,59-62,64-93H2,1-3H3,(H,105,106)(H,107,108)/b11-8-,12-9-,19-16-,20-17-,21-18-,28-25-,29-26-,30-27-,36-34-,37-35-,42-40-,50-41-,57-55-,63-58-. The Kier molecular flexibility index (Phi) is 86.2. The molecular formula is C99H168O16P2. The lowest BCUT2D eigenvalue weighted by Crippen LogP contribution is -2.30. The lowest BCUT2D eigenvalue weighted by Gasteiger charge is -2.21. The van der Waals surface area contributed by atoms with Crippen LogP contribution in [0.4, 0.5) is 0 Å². The maximum atomic E-state index is 13.0. The molecule has 5 atom stereocenters. The number of allylic oxidation sites excluding steroid dienone is 28. The summed E-state index contributed by atoms with van der Waals surface area (Å²) < 4.78 is 61.4. The van der Waals surface area contributed by atoms with E-state index in [2.05, 4.69) is 191 Å². The van der Waals surface area contributed by atoms with Crippen LogP contribution in [0, 0.1) is 0 Å². The fourth-order valence-electron chi connectivity index (χ4n) is 12.4. The monoisotopic (exact) mass is 1680 g/mol. The highest BCUT2D eigenvalue weighted by molar-refractivity contribution is 7.47. The van der Waals surface area contributed by atoms with Crippen LogP contribution < -0.4 is 0 Å². The first-order valence-corrected chi connectivity index (χ1v) is 49.4. The molecule has 0 aromatic rings. The minimum atomic E-state index is -4.95. The second kappa shape index (κ2) is 90.2. The summed E-state index contributed by atoms with van der Waals surface area (Å²) in [6, 6.07) is 0. The number of ether oxygens (including phenoxy) is 3. The molecule has 4 N–H and O–H groups in total. The van der Waals surface area contributed by atoms with Gasteiger partial charge in [-0.05, 0) is 154 Å². The lowest BCUT2D eigenvalue weighted by molar-refractivity contribution is -0.161. The van der Waals surface area contributed by atoms with E-state index < -0.39 is 91.5 Å². The van der Waals surface area contributed by atoms with E-state index in [-0.39, 0.29) is 19.3 Å². The molecule has 0 aromatic carbocycles. The third-order valence-electron chi connectivity index (χ3n) is 19.4. The molecule has 0 radical (unpaired) electrons. The number of unbranched alkanes of at least 4 members (excludes halogenated alkanes) is 36. The highest BCUT2D eigenvalue weighted by Crippen LogP contribution is 2.45. The van der Waals surface area contributed by atoms with E-state index in [9.17, 15) is 43.5 Å². The molecule has 0 heterocycles. The van der Waals surface area contributed by atoms with E-state index in [0.29, 0.717) is 19.3 Å². The Balaban J connectivity index is 4.52. The van der Waals surface area contributed by atoms with Crippen molar-refractivity contribution >= 4 is 33.6 Å². The summed E-state index contributed by atoms with van der Waals surface area (Å²) in [6.45, 7) is 2.44. The normalized spacial score (nSPS) is 14.6. The fraction of sp³-hybridized carbons (Fsp3) is 0.687. The van der Waals surface area contributed by atoms with Crippen molar-refractivity contribution < 1.29 is 75.8 Å². The number of phosphoric ester groups is 2. The topological polar surface area (TPSA) is 231 Å². The third kappa shape index (κ3) is 91.5. The van der Waals surface area contributed by atoms with Gasteiger partial charge in [0.25, 0.3) is 0 Å². The minimum absolute atomic E-state index is 0.0814. The van der Waals surface area contributed by atoms with Gasteiger partial charge in [0.2, 0.25) is 0 Å². The predicted octanol–water partition coefficient (Wildman–Crippen LogP) is 28.7. The molecule has 0 saturated carbocycles. The molecule has 0 aliphatic heterocycles. The Morgan fingerprint density at radius 2 is 0.453 bits per heavy atom. The van der Waals surface area contributed by atoms with Crippen molar-refractivity contribution in [2.45, 2.75) is 399 Å². The van der Waals surface area contributed by atoms with Gasteiger partial charge in [-0.2, -0.15) is 0 Å². The van der Waals surface area contributed by atoms with E-state index in [1.165, 1.54) is 135 Å². The highest BCUT2D eigenvalue weighted by atomic mass is 31.2. The smallest absolute Gasteiger partial charge is 0.463 e. The Hall–Kier alpha value is -5.09. The highest BCUT2D eigenvalue weighted by Gasteiger charge is 2.29. The van der Waals surface area contributed by atoms with Crippen molar-refractivity contribution in [3.8, 4) is 0 Å². The van der Waals surface area contributed by atoms with Gasteiger partial charge in [-0.1, -0.05) is 377 Å². The Bertz CT molecular complexity index is 2810. The largest absolute Gasteiger partial charge is 0.472 e. The molecule has 5 unspecified atom stereocenters. The van der Waals surface area contributed by atoms with Gasteiger partial charge in [-0.3, -0.25) is 32.5 Å². The number of carbonyl (C=O) groups excluding carboxylic acids is 3. The number of aliphatic hydroxyl groups excluding tert-OH is 2. The van der Waals surface area contributed by atoms with Crippen LogP contribution >= 0.6 is 15.6 Å². The minimum Gasteiger partial charge on any atom is -0.463 e. The molecule has 0 aliphatic carbocycles. The van der Waals surface area contributed by atoms with Crippen molar-refractivity contribution in [1.29, 1.82) is 0 Å². The number of hydrogen-bond donors (Lipinski definition) is 4. The van der Waals surface area contributed by atoms with Crippen LogP contribution in [-0.4, -0.2) is 95.9 Å². The number of phosphoric acid groups is 2. The Labute approximate surface area is 713 Å². The van der Waals surface area contributed by atoms with Crippen molar-refractivity contribution in [1.82, 2.24) is 0 Å². The molecular weight excluding hydrogens is 1510 g/mol. The van der Waals surface area contributed by atoms with Gasteiger partial charge >= 0.3 is 33.6 Å². The zero-order chi connectivity index (χ0) is 85.1. The van der Waals surface area contributed by atoms with E-state index in [0.717, 1.165) is 186 Å². The molecule has 0 spiro atoms. The zero-order valence-electron chi connectivity index (χ0n) is 73.8. The molecule has 0 fully saturated rings. The van der Waals surface area contributed by atoms with Crippen LogP contribution in [0.3, 0.4) is 0 Å². The van der Waals surface area contributed by atoms with E-state index in [1.807, 2.05) is 0 Å². The predicted molar refractivity (Wildman–Crippen MR) is 491 cm³/mol. The van der Waals surface area contributed by atoms with Crippen molar-refractivity contribution in [3.05, 3.63) is 170 Å². The molecule has 670 valence electrons. The van der Waals surface area contributed by atoms with E-state index in [4.69, 9.17) is 32.3 Å². The molecule has 0 saturated heterocycles. The second-order valence-corrected chi connectivity index (χ2v) is 33.6.